The van der Waals surface area contributed by atoms with E-state index in [0.717, 1.165) is 0 Å². The van der Waals surface area contributed by atoms with Gasteiger partial charge in [0.25, 0.3) is 0 Å². The molecule has 0 aromatic rings. The van der Waals surface area contributed by atoms with Crippen LogP contribution in [0.1, 0.15) is 6.92 Å². The van der Waals surface area contributed by atoms with Gasteiger partial charge in [0.1, 0.15) is 0 Å². The number of hydrogen-bond acceptors (Lipinski definition) is 1. The summed E-state index contributed by atoms with van der Waals surface area (Å²) in [5, 5.41) is 0. The smallest absolute Gasteiger partial charge is 0.0804 e. The highest BCUT2D eigenvalue weighted by Crippen LogP contribution is 2.21. The molecule has 54 valence electrons. The van der Waals surface area contributed by atoms with Gasteiger partial charge in [-0.05, 0) is 18.1 Å². The minimum absolute atomic E-state index is 0.200. The molecular formula is C9H12O. The van der Waals surface area contributed by atoms with Gasteiger partial charge in [0, 0.05) is 0 Å². The quantitative estimate of drug-likeness (QED) is 0.564. The van der Waals surface area contributed by atoms with Crippen molar-refractivity contribution in [1.82, 2.24) is 0 Å². The van der Waals surface area contributed by atoms with Crippen LogP contribution in [0.25, 0.3) is 0 Å². The molecule has 1 heterocycles. The summed E-state index contributed by atoms with van der Waals surface area (Å²) in [5.74, 6) is 0. The summed E-state index contributed by atoms with van der Waals surface area (Å²) in [6, 6.07) is 0. The lowest BCUT2D eigenvalue weighted by atomic mass is 10.1. The maximum absolute atomic E-state index is 5.34. The summed E-state index contributed by atoms with van der Waals surface area (Å²) in [6.45, 7) is 10.1. The first kappa shape index (κ1) is 7.29. The second kappa shape index (κ2) is 2.84. The molecule has 1 heteroatoms. The van der Waals surface area contributed by atoms with E-state index in [4.69, 9.17) is 4.74 Å². The van der Waals surface area contributed by atoms with Crippen LogP contribution < -0.4 is 0 Å². The van der Waals surface area contributed by atoms with Gasteiger partial charge in [-0.1, -0.05) is 25.3 Å². The van der Waals surface area contributed by atoms with Crippen molar-refractivity contribution in [3.05, 3.63) is 36.5 Å². The van der Waals surface area contributed by atoms with E-state index in [9.17, 15) is 0 Å². The number of ether oxygens (including phenoxy) is 1. The van der Waals surface area contributed by atoms with Gasteiger partial charge in [-0.2, -0.15) is 0 Å². The third-order valence-electron chi connectivity index (χ3n) is 1.76. The summed E-state index contributed by atoms with van der Waals surface area (Å²) in [5.41, 5.74) is 2.34. The third-order valence-corrected chi connectivity index (χ3v) is 1.76. The zero-order valence-electron chi connectivity index (χ0n) is 6.26. The van der Waals surface area contributed by atoms with Crippen LogP contribution in [-0.4, -0.2) is 12.7 Å². The summed E-state index contributed by atoms with van der Waals surface area (Å²) in [4.78, 5) is 0. The molecule has 1 aliphatic rings. The number of hydrogen-bond donors (Lipinski definition) is 0. The maximum Gasteiger partial charge on any atom is 0.0804 e. The van der Waals surface area contributed by atoms with Gasteiger partial charge in [-0.3, -0.25) is 0 Å². The van der Waals surface area contributed by atoms with Crippen LogP contribution in [0.15, 0.2) is 36.5 Å². The van der Waals surface area contributed by atoms with Crippen molar-refractivity contribution >= 4 is 0 Å². The fourth-order valence-electron chi connectivity index (χ4n) is 1.12. The standard InChI is InChI=1S/C9H12O/c1-4-8-6-10-7(3)9(8)5-2/h4-5,7H,1-2,6H2,3H3. The second-order valence-electron chi connectivity index (χ2n) is 2.34. The molecule has 1 rings (SSSR count). The average molecular weight is 136 g/mol. The Hall–Kier alpha value is -0.820. The summed E-state index contributed by atoms with van der Waals surface area (Å²) in [7, 11) is 0. The van der Waals surface area contributed by atoms with E-state index in [-0.39, 0.29) is 6.10 Å². The molecule has 0 bridgehead atoms. The lowest BCUT2D eigenvalue weighted by Gasteiger charge is -2.01. The first-order chi connectivity index (χ1) is 4.79. The molecule has 0 aliphatic carbocycles. The fraction of sp³-hybridized carbons (Fsp3) is 0.333. The largest absolute Gasteiger partial charge is 0.369 e. The molecule has 0 fully saturated rings. The van der Waals surface area contributed by atoms with Gasteiger partial charge in [0.05, 0.1) is 12.7 Å². The Morgan fingerprint density at radius 3 is 2.60 bits per heavy atom. The van der Waals surface area contributed by atoms with Crippen LogP contribution in [0, 0.1) is 0 Å². The molecule has 1 unspecified atom stereocenters. The zero-order chi connectivity index (χ0) is 7.56. The molecular weight excluding hydrogens is 124 g/mol. The lowest BCUT2D eigenvalue weighted by molar-refractivity contribution is 0.136. The predicted octanol–water partition coefficient (Wildman–Crippen LogP) is 2.07. The van der Waals surface area contributed by atoms with Crippen LogP contribution in [0.2, 0.25) is 0 Å². The van der Waals surface area contributed by atoms with Crippen LogP contribution >= 0.6 is 0 Å². The summed E-state index contributed by atoms with van der Waals surface area (Å²) >= 11 is 0. The molecule has 0 amide bonds. The SMILES string of the molecule is C=CC1=C(C=C)C(C)OC1. The van der Waals surface area contributed by atoms with Crippen LogP contribution in [-0.2, 0) is 4.74 Å². The molecule has 0 saturated carbocycles. The van der Waals surface area contributed by atoms with Crippen molar-refractivity contribution in [2.24, 2.45) is 0 Å². The van der Waals surface area contributed by atoms with E-state index in [0.29, 0.717) is 6.61 Å². The molecule has 1 aliphatic heterocycles. The average Bonchev–Trinajstić information content (AvgIpc) is 2.30. The monoisotopic (exact) mass is 136 g/mol. The van der Waals surface area contributed by atoms with E-state index in [2.05, 4.69) is 13.2 Å². The highest BCUT2D eigenvalue weighted by atomic mass is 16.5. The van der Waals surface area contributed by atoms with Gasteiger partial charge in [-0.15, -0.1) is 0 Å². The Kier molecular flexibility index (Phi) is 2.07. The number of rotatable bonds is 2. The first-order valence-electron chi connectivity index (χ1n) is 3.39. The molecule has 1 nitrogen and oxygen atoms in total. The topological polar surface area (TPSA) is 9.23 Å². The highest BCUT2D eigenvalue weighted by Gasteiger charge is 2.17. The highest BCUT2D eigenvalue weighted by molar-refractivity contribution is 5.37. The van der Waals surface area contributed by atoms with Gasteiger partial charge in [0.2, 0.25) is 0 Å². The normalized spacial score (nSPS) is 25.1. The van der Waals surface area contributed by atoms with Crippen molar-refractivity contribution in [3.63, 3.8) is 0 Å². The zero-order valence-corrected chi connectivity index (χ0v) is 6.26. The molecule has 0 aromatic carbocycles. The van der Waals surface area contributed by atoms with Gasteiger partial charge >= 0.3 is 0 Å². The Morgan fingerprint density at radius 1 is 1.50 bits per heavy atom. The predicted molar refractivity (Wildman–Crippen MR) is 42.8 cm³/mol. The van der Waals surface area contributed by atoms with Crippen molar-refractivity contribution in [3.8, 4) is 0 Å². The third kappa shape index (κ3) is 1.05. The Balaban J connectivity index is 2.91. The second-order valence-corrected chi connectivity index (χ2v) is 2.34. The van der Waals surface area contributed by atoms with E-state index < -0.39 is 0 Å². The van der Waals surface area contributed by atoms with Crippen LogP contribution in [0.5, 0.6) is 0 Å². The van der Waals surface area contributed by atoms with Crippen molar-refractivity contribution in [2.45, 2.75) is 13.0 Å². The molecule has 0 N–H and O–H groups in total. The maximum atomic E-state index is 5.34. The first-order valence-corrected chi connectivity index (χ1v) is 3.39. The van der Waals surface area contributed by atoms with E-state index >= 15 is 0 Å². The molecule has 0 radical (unpaired) electrons. The van der Waals surface area contributed by atoms with Crippen LogP contribution in [0.4, 0.5) is 0 Å². The minimum atomic E-state index is 0.200. The Morgan fingerprint density at radius 2 is 2.20 bits per heavy atom. The lowest BCUT2D eigenvalue weighted by Crippen LogP contribution is -2.00. The molecule has 0 saturated heterocycles. The summed E-state index contributed by atoms with van der Waals surface area (Å²) < 4.78 is 5.34. The molecule has 10 heavy (non-hydrogen) atoms. The van der Waals surface area contributed by atoms with Crippen molar-refractivity contribution in [1.29, 1.82) is 0 Å². The van der Waals surface area contributed by atoms with Crippen molar-refractivity contribution in [2.75, 3.05) is 6.61 Å². The molecule has 1 atom stereocenters. The van der Waals surface area contributed by atoms with E-state index in [1.165, 1.54) is 11.1 Å². The van der Waals surface area contributed by atoms with Crippen molar-refractivity contribution < 1.29 is 4.74 Å². The van der Waals surface area contributed by atoms with Gasteiger partial charge in [0.15, 0.2) is 0 Å². The van der Waals surface area contributed by atoms with E-state index in [1.807, 2.05) is 19.1 Å². The van der Waals surface area contributed by atoms with Gasteiger partial charge in [-0.25, -0.2) is 0 Å². The Labute approximate surface area is 61.7 Å². The van der Waals surface area contributed by atoms with Gasteiger partial charge < -0.3 is 4.74 Å². The van der Waals surface area contributed by atoms with E-state index in [1.54, 1.807) is 0 Å². The van der Waals surface area contributed by atoms with Crippen LogP contribution in [0.3, 0.4) is 0 Å². The molecule has 0 aromatic heterocycles. The Bertz CT molecular complexity index is 189. The molecule has 0 spiro atoms. The summed E-state index contributed by atoms with van der Waals surface area (Å²) in [6.07, 6.45) is 3.88. The minimum Gasteiger partial charge on any atom is -0.369 e. The fourth-order valence-corrected chi connectivity index (χ4v) is 1.12.